The van der Waals surface area contributed by atoms with E-state index in [0.29, 0.717) is 0 Å². The molecule has 2 aromatic carbocycles. The topological polar surface area (TPSA) is 4.93 Å². The van der Waals surface area contributed by atoms with Crippen LogP contribution in [0.2, 0.25) is 0 Å². The highest BCUT2D eigenvalue weighted by atomic mass is 15.0. The van der Waals surface area contributed by atoms with Crippen molar-refractivity contribution in [1.29, 1.82) is 0 Å². The Labute approximate surface area is 119 Å². The third kappa shape index (κ3) is 1.96. The van der Waals surface area contributed by atoms with Gasteiger partial charge in [0, 0.05) is 21.6 Å². The van der Waals surface area contributed by atoms with Crippen molar-refractivity contribution in [3.63, 3.8) is 0 Å². The van der Waals surface area contributed by atoms with Gasteiger partial charge in [-0.15, -0.1) is 0 Å². The molecule has 0 atom stereocenters. The first-order valence-corrected chi connectivity index (χ1v) is 7.18. The quantitative estimate of drug-likeness (QED) is 0.664. The summed E-state index contributed by atoms with van der Waals surface area (Å²) >= 11 is 0. The molecule has 0 radical (unpaired) electrons. The fourth-order valence-corrected chi connectivity index (χ4v) is 2.84. The number of nitrogens with zero attached hydrogens (tertiary/aromatic N) is 1. The highest BCUT2D eigenvalue weighted by Crippen LogP contribution is 2.14. The zero-order valence-corrected chi connectivity index (χ0v) is 12.0. The van der Waals surface area contributed by atoms with Gasteiger partial charge in [-0.25, -0.2) is 0 Å². The van der Waals surface area contributed by atoms with Gasteiger partial charge in [-0.3, -0.25) is 0 Å². The van der Waals surface area contributed by atoms with Crippen LogP contribution in [0.25, 0.3) is 28.7 Å². The Balaban J connectivity index is 2.53. The summed E-state index contributed by atoms with van der Waals surface area (Å²) in [6, 6.07) is 19.2. The molecule has 3 rings (SSSR count). The second kappa shape index (κ2) is 5.38. The fourth-order valence-electron chi connectivity index (χ4n) is 2.84. The molecule has 0 fully saturated rings. The van der Waals surface area contributed by atoms with Gasteiger partial charge >= 0.3 is 0 Å². The van der Waals surface area contributed by atoms with E-state index in [2.05, 4.69) is 85.2 Å². The lowest BCUT2D eigenvalue weighted by atomic mass is 10.2. The molecular weight excluding hydrogens is 242 g/mol. The van der Waals surface area contributed by atoms with E-state index >= 15 is 0 Å². The van der Waals surface area contributed by atoms with Crippen LogP contribution in [-0.4, -0.2) is 4.57 Å². The molecule has 1 aromatic heterocycles. The summed E-state index contributed by atoms with van der Waals surface area (Å²) in [6.07, 6.45) is 5.56. The second-order valence-corrected chi connectivity index (χ2v) is 4.89. The van der Waals surface area contributed by atoms with Crippen molar-refractivity contribution >= 4 is 23.1 Å². The molecule has 0 N–H and O–H groups in total. The molecule has 0 aliphatic rings. The van der Waals surface area contributed by atoms with E-state index in [0.717, 1.165) is 6.42 Å². The molecule has 3 aromatic rings. The Morgan fingerprint density at radius 2 is 1.65 bits per heavy atom. The highest BCUT2D eigenvalue weighted by Gasteiger charge is 2.07. The van der Waals surface area contributed by atoms with Gasteiger partial charge < -0.3 is 4.57 Å². The highest BCUT2D eigenvalue weighted by molar-refractivity contribution is 5.83. The number of para-hydroxylation sites is 2. The first kappa shape index (κ1) is 12.7. The number of rotatable bonds is 2. The minimum Gasteiger partial charge on any atom is -0.310 e. The lowest BCUT2D eigenvalue weighted by Crippen LogP contribution is -2.27. The van der Waals surface area contributed by atoms with Crippen LogP contribution in [0.4, 0.5) is 0 Å². The molecule has 1 nitrogen and oxygen atoms in total. The van der Waals surface area contributed by atoms with Crippen molar-refractivity contribution in [3.05, 3.63) is 65.2 Å². The molecule has 0 aliphatic heterocycles. The largest absolute Gasteiger partial charge is 0.310 e. The molecule has 1 heterocycles. The molecule has 0 aliphatic carbocycles. The Morgan fingerprint density at radius 1 is 0.950 bits per heavy atom. The van der Waals surface area contributed by atoms with Gasteiger partial charge in [0.05, 0.1) is 5.52 Å². The maximum atomic E-state index is 2.34. The molecule has 1 heteroatoms. The Kier molecular flexibility index (Phi) is 3.42. The monoisotopic (exact) mass is 261 g/mol. The molecule has 100 valence electrons. The first-order valence-electron chi connectivity index (χ1n) is 7.18. The predicted octanol–water partition coefficient (Wildman–Crippen LogP) is 3.62. The normalized spacial score (nSPS) is 13.3. The minimum atomic E-state index is 1.05. The summed E-state index contributed by atoms with van der Waals surface area (Å²) in [5, 5.41) is 3.94. The van der Waals surface area contributed by atoms with Gasteiger partial charge in [0.25, 0.3) is 0 Å². The first-order chi connectivity index (χ1) is 9.86. The molecule has 0 unspecified atom stereocenters. The number of benzene rings is 2. The van der Waals surface area contributed by atoms with Crippen LogP contribution in [0.1, 0.15) is 20.3 Å². The maximum Gasteiger partial charge on any atom is 0.0540 e. The van der Waals surface area contributed by atoms with Gasteiger partial charge in [-0.2, -0.15) is 0 Å². The number of aromatic nitrogens is 1. The fraction of sp³-hybridized carbons (Fsp3) is 0.158. The minimum absolute atomic E-state index is 1.05. The second-order valence-electron chi connectivity index (χ2n) is 4.89. The molecule has 0 saturated heterocycles. The van der Waals surface area contributed by atoms with Crippen molar-refractivity contribution in [2.75, 3.05) is 0 Å². The third-order valence-electron chi connectivity index (χ3n) is 3.65. The zero-order chi connectivity index (χ0) is 13.9. The van der Waals surface area contributed by atoms with Crippen LogP contribution in [-0.2, 0) is 0 Å². The summed E-state index contributed by atoms with van der Waals surface area (Å²) in [5.74, 6) is 0. The Bertz CT molecular complexity index is 839. The maximum absolute atomic E-state index is 2.34. The summed E-state index contributed by atoms with van der Waals surface area (Å²) in [5.41, 5.74) is 2.49. The summed E-state index contributed by atoms with van der Waals surface area (Å²) < 4.78 is 2.34. The van der Waals surface area contributed by atoms with Gasteiger partial charge in [-0.1, -0.05) is 55.5 Å². The zero-order valence-electron chi connectivity index (χ0n) is 12.0. The van der Waals surface area contributed by atoms with E-state index in [1.54, 1.807) is 0 Å². The summed E-state index contributed by atoms with van der Waals surface area (Å²) in [7, 11) is 0. The predicted molar refractivity (Wildman–Crippen MR) is 87.4 cm³/mol. The van der Waals surface area contributed by atoms with Gasteiger partial charge in [0.15, 0.2) is 0 Å². The molecule has 20 heavy (non-hydrogen) atoms. The lowest BCUT2D eigenvalue weighted by Gasteiger charge is -2.05. The van der Waals surface area contributed by atoms with Crippen molar-refractivity contribution in [2.24, 2.45) is 0 Å². The standard InChI is InChI=1S/C19H19N/c1-3-10-16-17-13-8-9-14-19(17)20(18(16)4-2)15-11-6-5-7-12-15/h4-14H,3H2,1-2H3/b16-10-,18-4+. The number of hydrogen-bond donors (Lipinski definition) is 0. The van der Waals surface area contributed by atoms with E-state index in [1.165, 1.54) is 27.2 Å². The smallest absolute Gasteiger partial charge is 0.0540 e. The molecule has 0 amide bonds. The van der Waals surface area contributed by atoms with Crippen molar-refractivity contribution in [2.45, 2.75) is 20.3 Å². The van der Waals surface area contributed by atoms with E-state index in [9.17, 15) is 0 Å². The van der Waals surface area contributed by atoms with Crippen LogP contribution in [0.5, 0.6) is 0 Å². The van der Waals surface area contributed by atoms with E-state index in [1.807, 2.05) is 0 Å². The van der Waals surface area contributed by atoms with Crippen molar-refractivity contribution in [1.82, 2.24) is 4.57 Å². The number of hydrogen-bond acceptors (Lipinski definition) is 0. The van der Waals surface area contributed by atoms with Crippen molar-refractivity contribution < 1.29 is 0 Å². The Hall–Kier alpha value is -2.28. The SMILES string of the molecule is C/C=c1\c(=C/CC)c2ccccc2n1-c1ccccc1. The summed E-state index contributed by atoms with van der Waals surface area (Å²) in [4.78, 5) is 0. The van der Waals surface area contributed by atoms with Crippen molar-refractivity contribution in [3.8, 4) is 5.69 Å². The van der Waals surface area contributed by atoms with Crippen LogP contribution in [0.15, 0.2) is 54.6 Å². The van der Waals surface area contributed by atoms with E-state index in [4.69, 9.17) is 0 Å². The molecular formula is C19H19N. The third-order valence-corrected chi connectivity index (χ3v) is 3.65. The average Bonchev–Trinajstić information content (AvgIpc) is 2.82. The van der Waals surface area contributed by atoms with Gasteiger partial charge in [-0.05, 0) is 31.5 Å². The number of fused-ring (bicyclic) bond motifs is 1. The van der Waals surface area contributed by atoms with Gasteiger partial charge in [0.1, 0.15) is 0 Å². The van der Waals surface area contributed by atoms with Gasteiger partial charge in [0.2, 0.25) is 0 Å². The van der Waals surface area contributed by atoms with Crippen LogP contribution < -0.4 is 10.6 Å². The average molecular weight is 261 g/mol. The van der Waals surface area contributed by atoms with Crippen LogP contribution >= 0.6 is 0 Å². The summed E-state index contributed by atoms with van der Waals surface area (Å²) in [6.45, 7) is 4.30. The van der Waals surface area contributed by atoms with E-state index in [-0.39, 0.29) is 0 Å². The molecule has 0 saturated carbocycles. The van der Waals surface area contributed by atoms with E-state index < -0.39 is 0 Å². The van der Waals surface area contributed by atoms with Crippen LogP contribution in [0.3, 0.4) is 0 Å². The lowest BCUT2D eigenvalue weighted by molar-refractivity contribution is 1.06. The Morgan fingerprint density at radius 3 is 2.35 bits per heavy atom. The molecule has 0 bridgehead atoms. The van der Waals surface area contributed by atoms with Crippen LogP contribution in [0, 0.1) is 0 Å². The molecule has 0 spiro atoms.